The van der Waals surface area contributed by atoms with Gasteiger partial charge >= 0.3 is 0 Å². The van der Waals surface area contributed by atoms with Crippen LogP contribution in [0.5, 0.6) is 0 Å². The fraction of sp³-hybridized carbons (Fsp3) is 0.667. The Labute approximate surface area is 99.3 Å². The summed E-state index contributed by atoms with van der Waals surface area (Å²) in [6.07, 6.45) is 6.73. The Morgan fingerprint density at radius 2 is 2.25 bits per heavy atom. The van der Waals surface area contributed by atoms with E-state index in [1.165, 1.54) is 23.4 Å². The summed E-state index contributed by atoms with van der Waals surface area (Å²) in [5.41, 5.74) is 1.18. The third-order valence-corrected chi connectivity index (χ3v) is 4.61. The van der Waals surface area contributed by atoms with Crippen LogP contribution in [-0.2, 0) is 12.8 Å². The Morgan fingerprint density at radius 1 is 1.31 bits per heavy atom. The number of nitrogens with one attached hydrogen (secondary N) is 1. The Hall–Kier alpha value is -0.740. The lowest BCUT2D eigenvalue weighted by atomic mass is 10.0. The second-order valence-corrected chi connectivity index (χ2v) is 5.69. The fourth-order valence-corrected chi connectivity index (χ4v) is 3.66. The van der Waals surface area contributed by atoms with Gasteiger partial charge in [-0.3, -0.25) is 4.79 Å². The normalized spacial score (nSPS) is 24.4. The molecule has 1 N–H and O–H groups in total. The van der Waals surface area contributed by atoms with Gasteiger partial charge in [0, 0.05) is 4.88 Å². The Morgan fingerprint density at radius 3 is 3.00 bits per heavy atom. The van der Waals surface area contributed by atoms with Crippen LogP contribution in [0, 0.1) is 0 Å². The SMILES string of the molecule is O=C(c1nc2c(s1)CCC2)C1CCCCN1. The van der Waals surface area contributed by atoms with E-state index in [0.29, 0.717) is 0 Å². The fourth-order valence-electron chi connectivity index (χ4n) is 2.52. The smallest absolute Gasteiger partial charge is 0.208 e. The zero-order chi connectivity index (χ0) is 11.0. The van der Waals surface area contributed by atoms with E-state index in [1.807, 2.05) is 0 Å². The summed E-state index contributed by atoms with van der Waals surface area (Å²) in [5.74, 6) is 0.221. The van der Waals surface area contributed by atoms with Crippen LogP contribution in [0.2, 0.25) is 0 Å². The molecule has 86 valence electrons. The summed E-state index contributed by atoms with van der Waals surface area (Å²) >= 11 is 1.62. The number of nitrogens with zero attached hydrogens (tertiary/aromatic N) is 1. The topological polar surface area (TPSA) is 42.0 Å². The van der Waals surface area contributed by atoms with Crippen molar-refractivity contribution >= 4 is 17.1 Å². The third-order valence-electron chi connectivity index (χ3n) is 3.43. The van der Waals surface area contributed by atoms with E-state index in [1.54, 1.807) is 11.3 Å². The van der Waals surface area contributed by atoms with Gasteiger partial charge in [0.2, 0.25) is 5.78 Å². The molecule has 0 saturated carbocycles. The number of piperidine rings is 1. The van der Waals surface area contributed by atoms with Gasteiger partial charge in [-0.05, 0) is 38.6 Å². The number of rotatable bonds is 2. The van der Waals surface area contributed by atoms with Crippen LogP contribution in [0.25, 0.3) is 0 Å². The van der Waals surface area contributed by atoms with E-state index >= 15 is 0 Å². The molecule has 1 atom stereocenters. The number of aryl methyl sites for hydroxylation is 2. The molecule has 1 aliphatic heterocycles. The molecule has 1 fully saturated rings. The summed E-state index contributed by atoms with van der Waals surface area (Å²) in [6.45, 7) is 0.974. The average Bonchev–Trinajstić information content (AvgIpc) is 2.89. The first-order valence-electron chi connectivity index (χ1n) is 6.11. The first kappa shape index (κ1) is 10.4. The largest absolute Gasteiger partial charge is 0.307 e. The highest BCUT2D eigenvalue weighted by atomic mass is 32.1. The van der Waals surface area contributed by atoms with Gasteiger partial charge in [-0.15, -0.1) is 11.3 Å². The second-order valence-electron chi connectivity index (χ2n) is 4.61. The molecule has 0 radical (unpaired) electrons. The molecule has 1 saturated heterocycles. The van der Waals surface area contributed by atoms with Gasteiger partial charge in [0.1, 0.15) is 0 Å². The Bertz CT molecular complexity index is 386. The quantitative estimate of drug-likeness (QED) is 0.798. The van der Waals surface area contributed by atoms with Crippen LogP contribution in [0.3, 0.4) is 0 Å². The molecule has 1 aromatic heterocycles. The maximum absolute atomic E-state index is 12.2. The Balaban J connectivity index is 1.78. The van der Waals surface area contributed by atoms with Crippen LogP contribution in [0.15, 0.2) is 0 Å². The van der Waals surface area contributed by atoms with Crippen molar-refractivity contribution in [1.29, 1.82) is 0 Å². The van der Waals surface area contributed by atoms with Crippen molar-refractivity contribution in [3.63, 3.8) is 0 Å². The predicted molar refractivity (Wildman–Crippen MR) is 64.1 cm³/mol. The monoisotopic (exact) mass is 236 g/mol. The van der Waals surface area contributed by atoms with Crippen LogP contribution >= 0.6 is 11.3 Å². The molecule has 3 nitrogen and oxygen atoms in total. The molecule has 3 rings (SSSR count). The zero-order valence-corrected chi connectivity index (χ0v) is 10.1. The lowest BCUT2D eigenvalue weighted by Crippen LogP contribution is -2.40. The van der Waals surface area contributed by atoms with E-state index in [-0.39, 0.29) is 11.8 Å². The van der Waals surface area contributed by atoms with Crippen molar-refractivity contribution in [2.75, 3.05) is 6.54 Å². The van der Waals surface area contributed by atoms with Crippen molar-refractivity contribution in [3.05, 3.63) is 15.6 Å². The van der Waals surface area contributed by atoms with Crippen LogP contribution < -0.4 is 5.32 Å². The first-order chi connectivity index (χ1) is 7.84. The maximum Gasteiger partial charge on any atom is 0.208 e. The number of carbonyl (C=O) groups is 1. The second kappa shape index (κ2) is 4.26. The number of hydrogen-bond acceptors (Lipinski definition) is 4. The van der Waals surface area contributed by atoms with E-state index in [9.17, 15) is 4.79 Å². The first-order valence-corrected chi connectivity index (χ1v) is 6.92. The predicted octanol–water partition coefficient (Wildman–Crippen LogP) is 1.96. The summed E-state index contributed by atoms with van der Waals surface area (Å²) in [5, 5.41) is 4.04. The summed E-state index contributed by atoms with van der Waals surface area (Å²) in [7, 11) is 0. The van der Waals surface area contributed by atoms with Crippen molar-refractivity contribution in [2.45, 2.75) is 44.6 Å². The minimum atomic E-state index is 0.0278. The number of carbonyl (C=O) groups excluding carboxylic acids is 1. The summed E-state index contributed by atoms with van der Waals surface area (Å²) in [6, 6.07) is 0.0278. The molecule has 1 aliphatic carbocycles. The van der Waals surface area contributed by atoms with E-state index in [2.05, 4.69) is 10.3 Å². The van der Waals surface area contributed by atoms with E-state index in [4.69, 9.17) is 0 Å². The van der Waals surface area contributed by atoms with E-state index < -0.39 is 0 Å². The number of ketones is 1. The minimum absolute atomic E-state index is 0.0278. The number of aromatic nitrogens is 1. The summed E-state index contributed by atoms with van der Waals surface area (Å²) < 4.78 is 0. The zero-order valence-electron chi connectivity index (χ0n) is 9.29. The third kappa shape index (κ3) is 1.80. The average molecular weight is 236 g/mol. The molecule has 1 aromatic rings. The molecule has 1 unspecified atom stereocenters. The van der Waals surface area contributed by atoms with Gasteiger partial charge < -0.3 is 5.32 Å². The van der Waals surface area contributed by atoms with Gasteiger partial charge in [0.05, 0.1) is 11.7 Å². The van der Waals surface area contributed by atoms with Crippen LogP contribution in [0.1, 0.15) is 46.1 Å². The van der Waals surface area contributed by atoms with Crippen molar-refractivity contribution < 1.29 is 4.79 Å². The standard InChI is InChI=1S/C12H16N2OS/c15-11(9-4-1-2-7-13-9)12-14-8-5-3-6-10(8)16-12/h9,13H,1-7H2. The van der Waals surface area contributed by atoms with E-state index in [0.717, 1.165) is 37.2 Å². The molecule has 0 spiro atoms. The van der Waals surface area contributed by atoms with Crippen molar-refractivity contribution in [1.82, 2.24) is 10.3 Å². The molecule has 0 aromatic carbocycles. The van der Waals surface area contributed by atoms with Crippen molar-refractivity contribution in [3.8, 4) is 0 Å². The van der Waals surface area contributed by atoms with Gasteiger partial charge in [-0.2, -0.15) is 0 Å². The van der Waals surface area contributed by atoms with Gasteiger partial charge in [0.25, 0.3) is 0 Å². The van der Waals surface area contributed by atoms with Crippen LogP contribution in [0.4, 0.5) is 0 Å². The highest BCUT2D eigenvalue weighted by molar-refractivity contribution is 7.13. The lowest BCUT2D eigenvalue weighted by molar-refractivity contribution is 0.0926. The molecule has 2 aliphatic rings. The molecule has 0 amide bonds. The van der Waals surface area contributed by atoms with Gasteiger partial charge in [0.15, 0.2) is 5.01 Å². The number of thiazole rings is 1. The highest BCUT2D eigenvalue weighted by Gasteiger charge is 2.26. The van der Waals surface area contributed by atoms with Crippen LogP contribution in [-0.4, -0.2) is 23.4 Å². The molecule has 0 bridgehead atoms. The lowest BCUT2D eigenvalue weighted by Gasteiger charge is -2.21. The number of fused-ring (bicyclic) bond motifs is 1. The number of Topliss-reactive ketones (excluding diaryl/α,β-unsaturated/α-hetero) is 1. The maximum atomic E-state index is 12.2. The molecule has 4 heteroatoms. The van der Waals surface area contributed by atoms with Crippen molar-refractivity contribution in [2.24, 2.45) is 0 Å². The highest BCUT2D eigenvalue weighted by Crippen LogP contribution is 2.28. The van der Waals surface area contributed by atoms with Gasteiger partial charge in [-0.25, -0.2) is 4.98 Å². The molecular formula is C12H16N2OS. The molecule has 2 heterocycles. The number of hydrogen-bond donors (Lipinski definition) is 1. The van der Waals surface area contributed by atoms with Gasteiger partial charge in [-0.1, -0.05) is 6.42 Å². The Kier molecular flexibility index (Phi) is 2.77. The summed E-state index contributed by atoms with van der Waals surface area (Å²) in [4.78, 5) is 18.0. The molecular weight excluding hydrogens is 220 g/mol. The minimum Gasteiger partial charge on any atom is -0.307 e. The molecule has 16 heavy (non-hydrogen) atoms.